The van der Waals surface area contributed by atoms with Gasteiger partial charge in [-0.3, -0.25) is 9.59 Å². The van der Waals surface area contributed by atoms with Crippen LogP contribution in [0.1, 0.15) is 38.2 Å². The van der Waals surface area contributed by atoms with Crippen LogP contribution in [0, 0.1) is 5.92 Å². The second-order valence-corrected chi connectivity index (χ2v) is 6.48. The lowest BCUT2D eigenvalue weighted by molar-refractivity contribution is -0.137. The van der Waals surface area contributed by atoms with E-state index in [1.54, 1.807) is 11.9 Å². The molecular weight excluding hydrogens is 300 g/mol. The first kappa shape index (κ1) is 16.8. The normalized spacial score (nSPS) is 16.3. The van der Waals surface area contributed by atoms with E-state index in [1.807, 2.05) is 24.3 Å². The third kappa shape index (κ3) is 4.47. The van der Waals surface area contributed by atoms with Gasteiger partial charge in [0.05, 0.1) is 0 Å². The monoisotopic (exact) mass is 322 g/mol. The van der Waals surface area contributed by atoms with Gasteiger partial charge in [0.25, 0.3) is 0 Å². The highest BCUT2D eigenvalue weighted by Crippen LogP contribution is 2.28. The van der Waals surface area contributed by atoms with Crippen LogP contribution < -0.4 is 5.32 Å². The highest BCUT2D eigenvalue weighted by atomic mass is 35.5. The smallest absolute Gasteiger partial charge is 0.245 e. The number of nitrogens with zero attached hydrogens (tertiary/aromatic N) is 1. The highest BCUT2D eigenvalue weighted by molar-refractivity contribution is 6.30. The molecule has 1 aromatic carbocycles. The van der Waals surface area contributed by atoms with Crippen LogP contribution in [0.4, 0.5) is 0 Å². The first-order valence-electron chi connectivity index (χ1n) is 7.74. The number of likely N-dealkylation sites (N-methyl/N-ethyl adjacent to an activating group) is 1. The van der Waals surface area contributed by atoms with Gasteiger partial charge >= 0.3 is 0 Å². The maximum Gasteiger partial charge on any atom is 0.245 e. The fourth-order valence-corrected chi connectivity index (χ4v) is 3.20. The minimum absolute atomic E-state index is 0.0166. The summed E-state index contributed by atoms with van der Waals surface area (Å²) >= 11 is 5.88. The van der Waals surface area contributed by atoms with Gasteiger partial charge in [-0.25, -0.2) is 0 Å². The Balaban J connectivity index is 2.04. The zero-order valence-electron chi connectivity index (χ0n) is 13.1. The summed E-state index contributed by atoms with van der Waals surface area (Å²) in [6.45, 7) is 1.98. The number of carbonyl (C=O) groups excluding carboxylic acids is 2. The van der Waals surface area contributed by atoms with Crippen LogP contribution in [0.15, 0.2) is 24.3 Å². The van der Waals surface area contributed by atoms with Gasteiger partial charge in [0.2, 0.25) is 11.8 Å². The summed E-state index contributed by atoms with van der Waals surface area (Å²) in [7, 11) is 1.78. The third-order valence-electron chi connectivity index (χ3n) is 4.21. The minimum atomic E-state index is -0.405. The van der Waals surface area contributed by atoms with Crippen molar-refractivity contribution in [3.05, 3.63) is 34.9 Å². The summed E-state index contributed by atoms with van der Waals surface area (Å²) in [6.07, 6.45) is 4.28. The standard InChI is InChI=1S/C17H23ClN2O2/c1-12(21)19-16(14-5-3-4-6-14)17(22)20(2)11-13-7-9-15(18)10-8-13/h7-10,14,16H,3-6,11H2,1-2H3,(H,19,21). The van der Waals surface area contributed by atoms with Crippen LogP contribution >= 0.6 is 11.6 Å². The molecule has 0 heterocycles. The predicted octanol–water partition coefficient (Wildman–Crippen LogP) is 2.99. The molecule has 4 nitrogen and oxygen atoms in total. The molecule has 1 aliphatic rings. The SMILES string of the molecule is CC(=O)NC(C(=O)N(C)Cc1ccc(Cl)cc1)C1CCCC1. The molecule has 1 aliphatic carbocycles. The first-order chi connectivity index (χ1) is 10.5. The molecule has 0 radical (unpaired) electrons. The largest absolute Gasteiger partial charge is 0.344 e. The molecule has 0 aliphatic heterocycles. The van der Waals surface area contributed by atoms with Crippen molar-refractivity contribution < 1.29 is 9.59 Å². The molecule has 1 unspecified atom stereocenters. The van der Waals surface area contributed by atoms with E-state index in [1.165, 1.54) is 6.92 Å². The summed E-state index contributed by atoms with van der Waals surface area (Å²) in [4.78, 5) is 25.8. The van der Waals surface area contributed by atoms with Gasteiger partial charge in [-0.15, -0.1) is 0 Å². The molecule has 2 amide bonds. The Bertz CT molecular complexity index is 524. The molecule has 0 spiro atoms. The molecule has 1 fully saturated rings. The molecule has 5 heteroatoms. The Hall–Kier alpha value is -1.55. The van der Waals surface area contributed by atoms with Crippen LogP contribution in [0.25, 0.3) is 0 Å². The topological polar surface area (TPSA) is 49.4 Å². The van der Waals surface area contributed by atoms with Gasteiger partial charge in [-0.1, -0.05) is 36.6 Å². The fourth-order valence-electron chi connectivity index (χ4n) is 3.07. The van der Waals surface area contributed by atoms with E-state index >= 15 is 0 Å². The summed E-state index contributed by atoms with van der Waals surface area (Å²) in [5.41, 5.74) is 1.02. The van der Waals surface area contributed by atoms with E-state index in [0.29, 0.717) is 11.6 Å². The lowest BCUT2D eigenvalue weighted by atomic mass is 9.96. The van der Waals surface area contributed by atoms with Crippen molar-refractivity contribution in [3.63, 3.8) is 0 Å². The number of nitrogens with one attached hydrogen (secondary N) is 1. The molecule has 0 bridgehead atoms. The van der Waals surface area contributed by atoms with E-state index in [9.17, 15) is 9.59 Å². The Morgan fingerprint density at radius 3 is 2.41 bits per heavy atom. The van der Waals surface area contributed by atoms with Crippen molar-refractivity contribution in [3.8, 4) is 0 Å². The van der Waals surface area contributed by atoms with Crippen molar-refractivity contribution in [2.24, 2.45) is 5.92 Å². The van der Waals surface area contributed by atoms with Crippen molar-refractivity contribution in [2.75, 3.05) is 7.05 Å². The number of amides is 2. The Labute approximate surface area is 136 Å². The summed E-state index contributed by atoms with van der Waals surface area (Å²) in [5.74, 6) is 0.0891. The molecule has 1 N–H and O–H groups in total. The molecule has 1 aromatic rings. The quantitative estimate of drug-likeness (QED) is 0.906. The number of hydrogen-bond donors (Lipinski definition) is 1. The van der Waals surface area contributed by atoms with Gasteiger partial charge in [-0.2, -0.15) is 0 Å². The van der Waals surface area contributed by atoms with E-state index < -0.39 is 6.04 Å². The van der Waals surface area contributed by atoms with Gasteiger partial charge in [-0.05, 0) is 36.5 Å². The van der Waals surface area contributed by atoms with Crippen LogP contribution in [0.5, 0.6) is 0 Å². The van der Waals surface area contributed by atoms with Crippen molar-refractivity contribution in [1.82, 2.24) is 10.2 Å². The zero-order chi connectivity index (χ0) is 16.1. The molecule has 22 heavy (non-hydrogen) atoms. The molecule has 1 atom stereocenters. The first-order valence-corrected chi connectivity index (χ1v) is 8.11. The number of benzene rings is 1. The van der Waals surface area contributed by atoms with Crippen molar-refractivity contribution >= 4 is 23.4 Å². The van der Waals surface area contributed by atoms with Crippen LogP contribution in [0.2, 0.25) is 5.02 Å². The lowest BCUT2D eigenvalue weighted by Gasteiger charge is -2.28. The molecule has 0 aromatic heterocycles. The Kier molecular flexibility index (Phi) is 5.83. The number of carbonyl (C=O) groups is 2. The van der Waals surface area contributed by atoms with Crippen molar-refractivity contribution in [2.45, 2.75) is 45.2 Å². The van der Waals surface area contributed by atoms with E-state index in [2.05, 4.69) is 5.32 Å². The molecular formula is C17H23ClN2O2. The van der Waals surface area contributed by atoms with Gasteiger partial charge < -0.3 is 10.2 Å². The number of halogens is 1. The number of hydrogen-bond acceptors (Lipinski definition) is 2. The Morgan fingerprint density at radius 2 is 1.86 bits per heavy atom. The second kappa shape index (κ2) is 7.63. The van der Waals surface area contributed by atoms with Crippen molar-refractivity contribution in [1.29, 1.82) is 0 Å². The van der Waals surface area contributed by atoms with Gasteiger partial charge in [0.15, 0.2) is 0 Å². The number of rotatable bonds is 5. The van der Waals surface area contributed by atoms with Crippen LogP contribution in [0.3, 0.4) is 0 Å². The van der Waals surface area contributed by atoms with Gasteiger partial charge in [0, 0.05) is 25.5 Å². The average Bonchev–Trinajstić information content (AvgIpc) is 3.00. The maximum absolute atomic E-state index is 12.7. The average molecular weight is 323 g/mol. The molecule has 2 rings (SSSR count). The molecule has 1 saturated carbocycles. The molecule has 0 saturated heterocycles. The predicted molar refractivity (Wildman–Crippen MR) is 87.5 cm³/mol. The zero-order valence-corrected chi connectivity index (χ0v) is 13.9. The molecule has 120 valence electrons. The minimum Gasteiger partial charge on any atom is -0.344 e. The Morgan fingerprint density at radius 1 is 1.27 bits per heavy atom. The van der Waals surface area contributed by atoms with Gasteiger partial charge in [0.1, 0.15) is 6.04 Å². The van der Waals surface area contributed by atoms with E-state index in [0.717, 1.165) is 31.2 Å². The highest BCUT2D eigenvalue weighted by Gasteiger charge is 2.33. The fraction of sp³-hybridized carbons (Fsp3) is 0.529. The summed E-state index contributed by atoms with van der Waals surface area (Å²) in [5, 5.41) is 3.53. The third-order valence-corrected chi connectivity index (χ3v) is 4.46. The van der Waals surface area contributed by atoms with Crippen LogP contribution in [-0.2, 0) is 16.1 Å². The second-order valence-electron chi connectivity index (χ2n) is 6.04. The maximum atomic E-state index is 12.7. The van der Waals surface area contributed by atoms with E-state index in [4.69, 9.17) is 11.6 Å². The van der Waals surface area contributed by atoms with E-state index in [-0.39, 0.29) is 17.7 Å². The van der Waals surface area contributed by atoms with Crippen LogP contribution in [-0.4, -0.2) is 29.8 Å². The lowest BCUT2D eigenvalue weighted by Crippen LogP contribution is -2.50. The summed E-state index contributed by atoms with van der Waals surface area (Å²) < 4.78 is 0. The summed E-state index contributed by atoms with van der Waals surface area (Å²) in [6, 6.07) is 7.05.